The summed E-state index contributed by atoms with van der Waals surface area (Å²) in [5.74, 6) is 0.892. The minimum absolute atomic E-state index is 0.724. The summed E-state index contributed by atoms with van der Waals surface area (Å²) in [6.45, 7) is 4.87. The molecule has 2 heterocycles. The summed E-state index contributed by atoms with van der Waals surface area (Å²) >= 11 is 1.74. The predicted molar refractivity (Wildman–Crippen MR) is 80.7 cm³/mol. The Morgan fingerprint density at radius 3 is 2.68 bits per heavy atom. The number of nitrogens with one attached hydrogen (secondary N) is 1. The second-order valence-electron chi connectivity index (χ2n) is 4.48. The first-order valence-corrected chi connectivity index (χ1v) is 7.06. The highest BCUT2D eigenvalue weighted by Crippen LogP contribution is 2.19. The number of fused-ring (bicyclic) bond motifs is 1. The van der Waals surface area contributed by atoms with Gasteiger partial charge in [0.05, 0.1) is 22.8 Å². The molecule has 0 saturated carbocycles. The molecule has 0 amide bonds. The first-order valence-electron chi connectivity index (χ1n) is 6.25. The maximum Gasteiger partial charge on any atom is 0.126 e. The number of nitrogens with zero attached hydrogens (tertiary/aromatic N) is 2. The number of rotatable bonds is 3. The van der Waals surface area contributed by atoms with Crippen LogP contribution in [0.15, 0.2) is 36.4 Å². The third-order valence-electron chi connectivity index (χ3n) is 3.03. The Bertz CT molecular complexity index is 718. The van der Waals surface area contributed by atoms with E-state index in [-0.39, 0.29) is 0 Å². The van der Waals surface area contributed by atoms with Gasteiger partial charge in [0.2, 0.25) is 0 Å². The SMILES string of the molecule is Cc1nc(CNc2ccc3ccccc3n2)c(C)s1. The van der Waals surface area contributed by atoms with Crippen LogP contribution in [0.1, 0.15) is 15.6 Å². The zero-order valence-corrected chi connectivity index (χ0v) is 11.8. The zero-order valence-electron chi connectivity index (χ0n) is 11.0. The van der Waals surface area contributed by atoms with Gasteiger partial charge in [-0.2, -0.15) is 0 Å². The molecule has 0 spiro atoms. The monoisotopic (exact) mass is 269 g/mol. The second kappa shape index (κ2) is 4.97. The minimum Gasteiger partial charge on any atom is -0.364 e. The van der Waals surface area contributed by atoms with E-state index in [0.717, 1.165) is 34.0 Å². The van der Waals surface area contributed by atoms with Gasteiger partial charge in [0.25, 0.3) is 0 Å². The van der Waals surface area contributed by atoms with Crippen molar-refractivity contribution in [2.45, 2.75) is 20.4 Å². The van der Waals surface area contributed by atoms with Crippen LogP contribution >= 0.6 is 11.3 Å². The lowest BCUT2D eigenvalue weighted by Gasteiger charge is -2.05. The van der Waals surface area contributed by atoms with Crippen molar-refractivity contribution in [1.82, 2.24) is 9.97 Å². The van der Waals surface area contributed by atoms with E-state index in [4.69, 9.17) is 0 Å². The molecular weight excluding hydrogens is 254 g/mol. The topological polar surface area (TPSA) is 37.8 Å². The van der Waals surface area contributed by atoms with Gasteiger partial charge < -0.3 is 5.32 Å². The fourth-order valence-corrected chi connectivity index (χ4v) is 2.91. The van der Waals surface area contributed by atoms with Gasteiger partial charge in [0.1, 0.15) is 5.82 Å². The molecular formula is C15H15N3S. The van der Waals surface area contributed by atoms with Crippen molar-refractivity contribution in [2.24, 2.45) is 0 Å². The number of para-hydroxylation sites is 1. The molecule has 0 unspecified atom stereocenters. The van der Waals surface area contributed by atoms with Crippen LogP contribution in [0.3, 0.4) is 0 Å². The van der Waals surface area contributed by atoms with Gasteiger partial charge in [-0.3, -0.25) is 0 Å². The van der Waals surface area contributed by atoms with Crippen molar-refractivity contribution < 1.29 is 0 Å². The highest BCUT2D eigenvalue weighted by atomic mass is 32.1. The summed E-state index contributed by atoms with van der Waals surface area (Å²) in [6.07, 6.45) is 0. The standard InChI is InChI=1S/C15H15N3S/c1-10-14(17-11(2)19-10)9-16-15-8-7-12-5-3-4-6-13(12)18-15/h3-8H,9H2,1-2H3,(H,16,18). The van der Waals surface area contributed by atoms with E-state index in [1.165, 1.54) is 4.88 Å². The molecule has 0 saturated heterocycles. The molecule has 0 bridgehead atoms. The van der Waals surface area contributed by atoms with E-state index < -0.39 is 0 Å². The average molecular weight is 269 g/mol. The molecule has 2 aromatic heterocycles. The fourth-order valence-electron chi connectivity index (χ4n) is 2.07. The lowest BCUT2D eigenvalue weighted by Crippen LogP contribution is -2.02. The van der Waals surface area contributed by atoms with Crippen LogP contribution in [0.25, 0.3) is 10.9 Å². The summed E-state index contributed by atoms with van der Waals surface area (Å²) < 4.78 is 0. The lowest BCUT2D eigenvalue weighted by molar-refractivity contribution is 1.03. The number of anilines is 1. The Hall–Kier alpha value is -1.94. The highest BCUT2D eigenvalue weighted by molar-refractivity contribution is 7.11. The van der Waals surface area contributed by atoms with Crippen LogP contribution in [0, 0.1) is 13.8 Å². The van der Waals surface area contributed by atoms with Gasteiger partial charge >= 0.3 is 0 Å². The van der Waals surface area contributed by atoms with Crippen LogP contribution in [0.5, 0.6) is 0 Å². The number of thiazole rings is 1. The van der Waals surface area contributed by atoms with Crippen molar-refractivity contribution in [3.8, 4) is 0 Å². The Kier molecular flexibility index (Phi) is 3.17. The lowest BCUT2D eigenvalue weighted by atomic mass is 10.2. The van der Waals surface area contributed by atoms with Crippen molar-refractivity contribution in [3.05, 3.63) is 52.0 Å². The molecule has 0 radical (unpaired) electrons. The number of hydrogen-bond acceptors (Lipinski definition) is 4. The van der Waals surface area contributed by atoms with Gasteiger partial charge in [-0.05, 0) is 32.0 Å². The van der Waals surface area contributed by atoms with E-state index in [9.17, 15) is 0 Å². The molecule has 0 atom stereocenters. The van der Waals surface area contributed by atoms with Crippen LogP contribution < -0.4 is 5.32 Å². The molecule has 0 aliphatic heterocycles. The van der Waals surface area contributed by atoms with Crippen molar-refractivity contribution in [3.63, 3.8) is 0 Å². The summed E-state index contributed by atoms with van der Waals surface area (Å²) in [4.78, 5) is 10.4. The molecule has 1 N–H and O–H groups in total. The molecule has 3 nitrogen and oxygen atoms in total. The smallest absolute Gasteiger partial charge is 0.126 e. The highest BCUT2D eigenvalue weighted by Gasteiger charge is 2.05. The number of aryl methyl sites for hydroxylation is 2. The molecule has 4 heteroatoms. The molecule has 19 heavy (non-hydrogen) atoms. The summed E-state index contributed by atoms with van der Waals surface area (Å²) in [5.41, 5.74) is 2.12. The van der Waals surface area contributed by atoms with Crippen LogP contribution in [-0.4, -0.2) is 9.97 Å². The summed E-state index contributed by atoms with van der Waals surface area (Å²) in [6, 6.07) is 12.2. The Morgan fingerprint density at radius 1 is 1.05 bits per heavy atom. The summed E-state index contributed by atoms with van der Waals surface area (Å²) in [5, 5.41) is 5.61. The quantitative estimate of drug-likeness (QED) is 0.783. The van der Waals surface area contributed by atoms with E-state index in [1.807, 2.05) is 31.2 Å². The number of pyridine rings is 1. The maximum atomic E-state index is 4.59. The van der Waals surface area contributed by atoms with E-state index in [1.54, 1.807) is 11.3 Å². The fraction of sp³-hybridized carbons (Fsp3) is 0.200. The average Bonchev–Trinajstić information content (AvgIpc) is 2.74. The molecule has 0 aliphatic rings. The van der Waals surface area contributed by atoms with E-state index in [2.05, 4.69) is 34.3 Å². The van der Waals surface area contributed by atoms with Crippen molar-refractivity contribution in [1.29, 1.82) is 0 Å². The van der Waals surface area contributed by atoms with Gasteiger partial charge in [0, 0.05) is 10.3 Å². The molecule has 1 aromatic carbocycles. The third kappa shape index (κ3) is 2.58. The molecule has 3 rings (SSSR count). The Labute approximate surface area is 116 Å². The van der Waals surface area contributed by atoms with Gasteiger partial charge in [0.15, 0.2) is 0 Å². The molecule has 0 aliphatic carbocycles. The van der Waals surface area contributed by atoms with Gasteiger partial charge in [-0.1, -0.05) is 18.2 Å². The molecule has 3 aromatic rings. The molecule has 96 valence electrons. The third-order valence-corrected chi connectivity index (χ3v) is 3.96. The number of benzene rings is 1. The zero-order chi connectivity index (χ0) is 13.2. The maximum absolute atomic E-state index is 4.59. The van der Waals surface area contributed by atoms with Crippen LogP contribution in [-0.2, 0) is 6.54 Å². The minimum atomic E-state index is 0.724. The first-order chi connectivity index (χ1) is 9.22. The first kappa shape index (κ1) is 12.1. The Balaban J connectivity index is 1.80. The Morgan fingerprint density at radius 2 is 1.89 bits per heavy atom. The van der Waals surface area contributed by atoms with Gasteiger partial charge in [-0.15, -0.1) is 11.3 Å². The predicted octanol–water partition coefficient (Wildman–Crippen LogP) is 3.92. The normalized spacial score (nSPS) is 10.8. The van der Waals surface area contributed by atoms with Gasteiger partial charge in [-0.25, -0.2) is 9.97 Å². The summed E-state index contributed by atoms with van der Waals surface area (Å²) in [7, 11) is 0. The van der Waals surface area contributed by atoms with E-state index in [0.29, 0.717) is 0 Å². The van der Waals surface area contributed by atoms with Crippen LogP contribution in [0.4, 0.5) is 5.82 Å². The number of hydrogen-bond donors (Lipinski definition) is 1. The van der Waals surface area contributed by atoms with E-state index >= 15 is 0 Å². The molecule has 0 fully saturated rings. The largest absolute Gasteiger partial charge is 0.364 e. The van der Waals surface area contributed by atoms with Crippen LogP contribution in [0.2, 0.25) is 0 Å². The van der Waals surface area contributed by atoms with Crippen molar-refractivity contribution >= 4 is 28.1 Å². The second-order valence-corrected chi connectivity index (χ2v) is 5.89. The number of aromatic nitrogens is 2. The van der Waals surface area contributed by atoms with Crippen molar-refractivity contribution in [2.75, 3.05) is 5.32 Å².